The first kappa shape index (κ1) is 23.5. The SMILES string of the molecule is CCOC(=O)Cc1c(C)cc2nc(-c3cc(Cl)ncc3C(F)F)sc2c1-c1ccc(Cl)cc1. The number of aromatic nitrogens is 2. The van der Waals surface area contributed by atoms with E-state index in [-0.39, 0.29) is 35.3 Å². The van der Waals surface area contributed by atoms with Crippen LogP contribution in [0.4, 0.5) is 8.78 Å². The maximum absolute atomic E-state index is 13.7. The number of hydrogen-bond donors (Lipinski definition) is 0. The van der Waals surface area contributed by atoms with Crippen LogP contribution in [0.5, 0.6) is 0 Å². The van der Waals surface area contributed by atoms with Crippen molar-refractivity contribution in [3.8, 4) is 21.7 Å². The summed E-state index contributed by atoms with van der Waals surface area (Å²) in [6, 6.07) is 10.5. The Labute approximate surface area is 203 Å². The molecule has 2 heterocycles. The number of pyridine rings is 1. The Bertz CT molecular complexity index is 1340. The van der Waals surface area contributed by atoms with Gasteiger partial charge in [0, 0.05) is 27.9 Å². The lowest BCUT2D eigenvalue weighted by Gasteiger charge is -2.14. The van der Waals surface area contributed by atoms with Gasteiger partial charge in [0.25, 0.3) is 6.43 Å². The average molecular weight is 507 g/mol. The van der Waals surface area contributed by atoms with Gasteiger partial charge in [-0.25, -0.2) is 18.7 Å². The monoisotopic (exact) mass is 506 g/mol. The molecule has 0 aliphatic heterocycles. The number of halogens is 4. The molecule has 4 rings (SSSR count). The first-order chi connectivity index (χ1) is 15.8. The highest BCUT2D eigenvalue weighted by Crippen LogP contribution is 2.43. The van der Waals surface area contributed by atoms with E-state index < -0.39 is 6.43 Å². The number of carbonyl (C=O) groups excluding carboxylic acids is 1. The minimum Gasteiger partial charge on any atom is -0.466 e. The smallest absolute Gasteiger partial charge is 0.310 e. The van der Waals surface area contributed by atoms with Gasteiger partial charge in [-0.2, -0.15) is 0 Å². The third kappa shape index (κ3) is 4.86. The molecule has 0 unspecified atom stereocenters. The number of rotatable bonds is 6. The van der Waals surface area contributed by atoms with Crippen LogP contribution in [0.3, 0.4) is 0 Å². The van der Waals surface area contributed by atoms with Gasteiger partial charge in [0.05, 0.1) is 23.2 Å². The largest absolute Gasteiger partial charge is 0.466 e. The summed E-state index contributed by atoms with van der Waals surface area (Å²) in [4.78, 5) is 20.8. The number of nitrogens with zero attached hydrogens (tertiary/aromatic N) is 2. The molecule has 2 aromatic heterocycles. The summed E-state index contributed by atoms with van der Waals surface area (Å²) < 4.78 is 33.3. The van der Waals surface area contributed by atoms with Crippen molar-refractivity contribution in [2.75, 3.05) is 6.61 Å². The highest BCUT2D eigenvalue weighted by Gasteiger charge is 2.23. The molecule has 0 N–H and O–H groups in total. The minimum absolute atomic E-state index is 0.0736. The van der Waals surface area contributed by atoms with E-state index in [9.17, 15) is 13.6 Å². The summed E-state index contributed by atoms with van der Waals surface area (Å²) in [6.07, 6.45) is -1.58. The number of fused-ring (bicyclic) bond motifs is 1. The van der Waals surface area contributed by atoms with Gasteiger partial charge < -0.3 is 4.74 Å². The molecule has 0 atom stereocenters. The number of aryl methyl sites for hydroxylation is 1. The van der Waals surface area contributed by atoms with Gasteiger partial charge in [-0.15, -0.1) is 11.3 Å². The number of hydrogen-bond acceptors (Lipinski definition) is 5. The van der Waals surface area contributed by atoms with Gasteiger partial charge in [0.15, 0.2) is 0 Å². The zero-order valence-corrected chi connectivity index (χ0v) is 20.0. The molecule has 0 amide bonds. The van der Waals surface area contributed by atoms with Crippen molar-refractivity contribution in [2.24, 2.45) is 0 Å². The van der Waals surface area contributed by atoms with Gasteiger partial charge in [-0.1, -0.05) is 35.3 Å². The lowest BCUT2D eigenvalue weighted by atomic mass is 9.93. The summed E-state index contributed by atoms with van der Waals surface area (Å²) in [5.74, 6) is -0.346. The van der Waals surface area contributed by atoms with Crippen molar-refractivity contribution < 1.29 is 18.3 Å². The Balaban J connectivity index is 1.98. The first-order valence-electron chi connectivity index (χ1n) is 10.1. The lowest BCUT2D eigenvalue weighted by molar-refractivity contribution is -0.142. The summed E-state index contributed by atoms with van der Waals surface area (Å²) in [7, 11) is 0. The van der Waals surface area contributed by atoms with Crippen molar-refractivity contribution in [1.29, 1.82) is 0 Å². The first-order valence-corrected chi connectivity index (χ1v) is 11.6. The fourth-order valence-electron chi connectivity index (χ4n) is 3.66. The fourth-order valence-corrected chi connectivity index (χ4v) is 5.12. The summed E-state index contributed by atoms with van der Waals surface area (Å²) in [6.45, 7) is 3.92. The predicted octanol–water partition coefficient (Wildman–Crippen LogP) is 7.68. The molecule has 0 fully saturated rings. The van der Waals surface area contributed by atoms with Gasteiger partial charge in [-0.05, 0) is 54.8 Å². The zero-order chi connectivity index (χ0) is 23.7. The van der Waals surface area contributed by atoms with E-state index in [1.807, 2.05) is 25.1 Å². The molecule has 2 aromatic carbocycles. The third-order valence-corrected chi connectivity index (χ3v) is 6.72. The number of benzene rings is 2. The number of esters is 1. The maximum atomic E-state index is 13.7. The van der Waals surface area contributed by atoms with Gasteiger partial charge in [0.1, 0.15) is 10.2 Å². The van der Waals surface area contributed by atoms with Crippen molar-refractivity contribution in [1.82, 2.24) is 9.97 Å². The molecule has 0 saturated carbocycles. The number of alkyl halides is 2. The number of ether oxygens (including phenoxy) is 1. The third-order valence-electron chi connectivity index (χ3n) is 5.14. The fraction of sp³-hybridized carbons (Fsp3) is 0.208. The second kappa shape index (κ2) is 9.71. The van der Waals surface area contributed by atoms with Gasteiger partial charge >= 0.3 is 5.97 Å². The molecule has 170 valence electrons. The topological polar surface area (TPSA) is 52.1 Å². The number of thiazole rings is 1. The molecule has 0 bridgehead atoms. The Kier molecular flexibility index (Phi) is 6.93. The molecular weight excluding hydrogens is 489 g/mol. The van der Waals surface area contributed by atoms with Crippen LogP contribution < -0.4 is 0 Å². The van der Waals surface area contributed by atoms with Crippen LogP contribution >= 0.6 is 34.5 Å². The van der Waals surface area contributed by atoms with Crippen LogP contribution in [-0.4, -0.2) is 22.5 Å². The normalized spacial score (nSPS) is 11.4. The zero-order valence-electron chi connectivity index (χ0n) is 17.7. The predicted molar refractivity (Wildman–Crippen MR) is 128 cm³/mol. The van der Waals surface area contributed by atoms with E-state index in [1.165, 1.54) is 17.4 Å². The van der Waals surface area contributed by atoms with Crippen molar-refractivity contribution >= 4 is 50.7 Å². The van der Waals surface area contributed by atoms with Gasteiger partial charge in [-0.3, -0.25) is 4.79 Å². The molecule has 4 nitrogen and oxygen atoms in total. The molecule has 0 aliphatic rings. The van der Waals surface area contributed by atoms with E-state index >= 15 is 0 Å². The van der Waals surface area contributed by atoms with E-state index in [2.05, 4.69) is 9.97 Å². The second-order valence-electron chi connectivity index (χ2n) is 7.30. The molecule has 4 aromatic rings. The van der Waals surface area contributed by atoms with E-state index in [4.69, 9.17) is 27.9 Å². The minimum atomic E-state index is -2.73. The molecule has 9 heteroatoms. The highest BCUT2D eigenvalue weighted by atomic mass is 35.5. The lowest BCUT2D eigenvalue weighted by Crippen LogP contribution is -2.09. The molecule has 33 heavy (non-hydrogen) atoms. The Hall–Kier alpha value is -2.61. The average Bonchev–Trinajstić information content (AvgIpc) is 3.18. The van der Waals surface area contributed by atoms with Crippen molar-refractivity contribution in [2.45, 2.75) is 26.7 Å². The quantitative estimate of drug-likeness (QED) is 0.198. The van der Waals surface area contributed by atoms with Crippen LogP contribution in [0, 0.1) is 6.92 Å². The van der Waals surface area contributed by atoms with Crippen LogP contribution in [0.25, 0.3) is 31.9 Å². The molecule has 0 spiro atoms. The van der Waals surface area contributed by atoms with Crippen LogP contribution in [0.15, 0.2) is 42.6 Å². The standard InChI is InChI=1S/C24H18Cl2F2N2O2S/c1-3-32-20(31)10-15-12(2)8-18-22(21(15)13-4-6-14(25)7-5-13)33-24(30-18)16-9-19(26)29-11-17(16)23(27)28/h4-9,11,23H,3,10H2,1-2H3. The van der Waals surface area contributed by atoms with Crippen LogP contribution in [0.2, 0.25) is 10.2 Å². The van der Waals surface area contributed by atoms with Crippen molar-refractivity contribution in [3.63, 3.8) is 0 Å². The van der Waals surface area contributed by atoms with Gasteiger partial charge in [0.2, 0.25) is 0 Å². The molecule has 0 radical (unpaired) electrons. The van der Waals surface area contributed by atoms with Crippen LogP contribution in [0.1, 0.15) is 30.0 Å². The van der Waals surface area contributed by atoms with E-state index in [0.717, 1.165) is 33.2 Å². The highest BCUT2D eigenvalue weighted by molar-refractivity contribution is 7.22. The second-order valence-corrected chi connectivity index (χ2v) is 9.12. The summed E-state index contributed by atoms with van der Waals surface area (Å²) in [5, 5.41) is 1.07. The summed E-state index contributed by atoms with van der Waals surface area (Å²) in [5.41, 5.74) is 3.91. The van der Waals surface area contributed by atoms with Crippen molar-refractivity contribution in [3.05, 3.63) is 69.5 Å². The van der Waals surface area contributed by atoms with E-state index in [1.54, 1.807) is 19.1 Å². The van der Waals surface area contributed by atoms with E-state index in [0.29, 0.717) is 15.5 Å². The molecule has 0 saturated heterocycles. The Morgan fingerprint density at radius 3 is 2.58 bits per heavy atom. The number of carbonyl (C=O) groups is 1. The summed E-state index contributed by atoms with van der Waals surface area (Å²) >= 11 is 13.4. The molecule has 0 aliphatic carbocycles. The molecular formula is C24H18Cl2F2N2O2S. The Morgan fingerprint density at radius 1 is 1.18 bits per heavy atom. The maximum Gasteiger partial charge on any atom is 0.310 e. The Morgan fingerprint density at radius 2 is 1.91 bits per heavy atom. The van der Waals surface area contributed by atoms with Crippen LogP contribution in [-0.2, 0) is 16.0 Å².